The van der Waals surface area contributed by atoms with E-state index < -0.39 is 6.04 Å². The number of rotatable bonds is 8. The molecule has 4 rings (SSSR count). The average molecular weight is 483 g/mol. The predicted octanol–water partition coefficient (Wildman–Crippen LogP) is 4.69. The molecule has 0 aliphatic carbocycles. The van der Waals surface area contributed by atoms with Crippen LogP contribution in [0.15, 0.2) is 60.8 Å². The highest BCUT2D eigenvalue weighted by Gasteiger charge is 2.25. The fraction of sp³-hybridized carbons (Fsp3) is 0.407. The summed E-state index contributed by atoms with van der Waals surface area (Å²) in [5.74, 6) is 0.198. The number of amides is 2. The Balaban J connectivity index is 0.00000324. The van der Waals surface area contributed by atoms with Crippen molar-refractivity contribution in [2.75, 3.05) is 19.6 Å². The Morgan fingerprint density at radius 1 is 1.06 bits per heavy atom. The summed E-state index contributed by atoms with van der Waals surface area (Å²) in [6.45, 7) is 7.37. The van der Waals surface area contributed by atoms with Gasteiger partial charge in [-0.25, -0.2) is 0 Å². The largest absolute Gasteiger partial charge is 0.361 e. The number of hydrogen-bond donors (Lipinski definition) is 3. The minimum absolute atomic E-state index is 0. The zero-order valence-electron chi connectivity index (χ0n) is 19.9. The lowest BCUT2D eigenvalue weighted by molar-refractivity contribution is -0.123. The van der Waals surface area contributed by atoms with Crippen LogP contribution in [0.1, 0.15) is 55.1 Å². The number of halogens is 1. The highest BCUT2D eigenvalue weighted by Crippen LogP contribution is 2.22. The number of nitrogens with zero attached hydrogens (tertiary/aromatic N) is 1. The number of carbonyl (C=O) groups excluding carboxylic acids is 2. The summed E-state index contributed by atoms with van der Waals surface area (Å²) in [7, 11) is 0. The summed E-state index contributed by atoms with van der Waals surface area (Å²) in [5.41, 5.74) is 2.19. The Hall–Kier alpha value is -2.83. The number of hydrogen-bond acceptors (Lipinski definition) is 3. The number of nitrogens with one attached hydrogen (secondary N) is 3. The number of carbonyl (C=O) groups is 2. The van der Waals surface area contributed by atoms with Gasteiger partial charge in [0.25, 0.3) is 5.91 Å². The number of piperidine rings is 1. The lowest BCUT2D eigenvalue weighted by Crippen LogP contribution is -2.42. The van der Waals surface area contributed by atoms with Crippen LogP contribution < -0.4 is 10.6 Å². The van der Waals surface area contributed by atoms with E-state index >= 15 is 0 Å². The molecule has 182 valence electrons. The lowest BCUT2D eigenvalue weighted by Gasteiger charge is -2.34. The van der Waals surface area contributed by atoms with E-state index in [-0.39, 0.29) is 24.2 Å². The Morgan fingerprint density at radius 3 is 2.50 bits per heavy atom. The third-order valence-corrected chi connectivity index (χ3v) is 6.72. The Labute approximate surface area is 207 Å². The van der Waals surface area contributed by atoms with Crippen molar-refractivity contribution < 1.29 is 9.59 Å². The molecule has 1 aliphatic heterocycles. The topological polar surface area (TPSA) is 77.2 Å². The van der Waals surface area contributed by atoms with Crippen LogP contribution in [0.2, 0.25) is 0 Å². The van der Waals surface area contributed by atoms with Crippen molar-refractivity contribution in [3.05, 3.63) is 71.9 Å². The van der Waals surface area contributed by atoms with Crippen molar-refractivity contribution in [1.29, 1.82) is 0 Å². The fourth-order valence-corrected chi connectivity index (χ4v) is 4.61. The van der Waals surface area contributed by atoms with Crippen molar-refractivity contribution in [1.82, 2.24) is 20.5 Å². The third-order valence-electron chi connectivity index (χ3n) is 6.72. The average Bonchev–Trinajstić information content (AvgIpc) is 3.31. The van der Waals surface area contributed by atoms with E-state index in [0.29, 0.717) is 24.1 Å². The number of H-pyrrole nitrogens is 1. The molecule has 1 aliphatic rings. The molecule has 2 amide bonds. The van der Waals surface area contributed by atoms with Gasteiger partial charge in [-0.2, -0.15) is 0 Å². The van der Waals surface area contributed by atoms with E-state index in [2.05, 4.69) is 34.4 Å². The zero-order valence-corrected chi connectivity index (χ0v) is 20.7. The molecule has 1 fully saturated rings. The van der Waals surface area contributed by atoms with Crippen LogP contribution in [0.25, 0.3) is 10.9 Å². The number of fused-ring (bicyclic) bond motifs is 1. The van der Waals surface area contributed by atoms with Crippen LogP contribution in [0.3, 0.4) is 0 Å². The molecular weight excluding hydrogens is 448 g/mol. The molecule has 0 radical (unpaired) electrons. The molecule has 0 bridgehead atoms. The summed E-state index contributed by atoms with van der Waals surface area (Å²) in [6.07, 6.45) is 5.16. The summed E-state index contributed by atoms with van der Waals surface area (Å²) in [6, 6.07) is 16.8. The normalized spacial score (nSPS) is 15.6. The van der Waals surface area contributed by atoms with Gasteiger partial charge in [-0.3, -0.25) is 9.59 Å². The van der Waals surface area contributed by atoms with Gasteiger partial charge in [0.1, 0.15) is 6.04 Å². The lowest BCUT2D eigenvalue weighted by atomic mass is 9.93. The second kappa shape index (κ2) is 12.0. The van der Waals surface area contributed by atoms with Crippen LogP contribution in [-0.4, -0.2) is 47.4 Å². The second-order valence-corrected chi connectivity index (χ2v) is 9.25. The van der Waals surface area contributed by atoms with Crippen LogP contribution in [-0.2, 0) is 4.79 Å². The minimum Gasteiger partial charge on any atom is -0.361 e. The maximum absolute atomic E-state index is 13.1. The van der Waals surface area contributed by atoms with E-state index in [1.54, 1.807) is 6.07 Å². The molecule has 3 aromatic rings. The van der Waals surface area contributed by atoms with Crippen LogP contribution >= 0.6 is 12.4 Å². The molecule has 3 N–H and O–H groups in total. The monoisotopic (exact) mass is 482 g/mol. The first kappa shape index (κ1) is 25.8. The van der Waals surface area contributed by atoms with Gasteiger partial charge < -0.3 is 20.5 Å². The van der Waals surface area contributed by atoms with Gasteiger partial charge in [0, 0.05) is 29.9 Å². The Morgan fingerprint density at radius 2 is 1.79 bits per heavy atom. The van der Waals surface area contributed by atoms with Crippen molar-refractivity contribution in [2.45, 2.75) is 45.2 Å². The van der Waals surface area contributed by atoms with Gasteiger partial charge in [0.05, 0.1) is 0 Å². The Bertz CT molecular complexity index is 1070. The van der Waals surface area contributed by atoms with E-state index in [0.717, 1.165) is 36.0 Å². The third kappa shape index (κ3) is 6.39. The smallest absolute Gasteiger partial charge is 0.252 e. The molecule has 1 aromatic heterocycles. The fourth-order valence-electron chi connectivity index (χ4n) is 4.61. The maximum atomic E-state index is 13.1. The van der Waals surface area contributed by atoms with E-state index in [4.69, 9.17) is 0 Å². The van der Waals surface area contributed by atoms with E-state index in [1.165, 1.54) is 12.8 Å². The SMILES string of the molecule is CC(C)N1CCC(CCNC(=O)[C@H](NC(=O)c2ccc3cc[nH]c3c2)c2ccccc2)CC1.Cl. The maximum Gasteiger partial charge on any atom is 0.252 e. The standard InChI is InChI=1S/C27H34N4O2.ClH/c1-19(2)31-16-12-20(13-17-31)10-14-29-27(33)25(22-6-4-3-5-7-22)30-26(32)23-9-8-21-11-15-28-24(21)18-23;/h3-9,11,15,18-20,25,28H,10,12-14,16-17H2,1-2H3,(H,29,33)(H,30,32);1H/t25-;/m1./s1. The molecule has 6 nitrogen and oxygen atoms in total. The first-order valence-electron chi connectivity index (χ1n) is 12.0. The van der Waals surface area contributed by atoms with Crippen LogP contribution in [0.4, 0.5) is 0 Å². The zero-order chi connectivity index (χ0) is 23.2. The molecule has 2 heterocycles. The van der Waals surface area contributed by atoms with Gasteiger partial charge >= 0.3 is 0 Å². The van der Waals surface area contributed by atoms with Crippen molar-refractivity contribution in [3.63, 3.8) is 0 Å². The number of likely N-dealkylation sites (tertiary alicyclic amines) is 1. The Kier molecular flexibility index (Phi) is 9.13. The summed E-state index contributed by atoms with van der Waals surface area (Å²) >= 11 is 0. The highest BCUT2D eigenvalue weighted by molar-refractivity contribution is 6.00. The molecule has 0 saturated carbocycles. The molecular formula is C27H35ClN4O2. The molecule has 7 heteroatoms. The molecule has 1 atom stereocenters. The van der Waals surface area contributed by atoms with Gasteiger partial charge in [0.15, 0.2) is 0 Å². The number of benzene rings is 2. The molecule has 34 heavy (non-hydrogen) atoms. The summed E-state index contributed by atoms with van der Waals surface area (Å²) in [4.78, 5) is 31.8. The second-order valence-electron chi connectivity index (χ2n) is 9.25. The minimum atomic E-state index is -0.735. The van der Waals surface area contributed by atoms with Crippen molar-refractivity contribution in [3.8, 4) is 0 Å². The summed E-state index contributed by atoms with van der Waals surface area (Å²) < 4.78 is 0. The first-order valence-corrected chi connectivity index (χ1v) is 12.0. The molecule has 1 saturated heterocycles. The van der Waals surface area contributed by atoms with Crippen LogP contribution in [0.5, 0.6) is 0 Å². The van der Waals surface area contributed by atoms with Gasteiger partial charge in [-0.05, 0) is 81.3 Å². The van der Waals surface area contributed by atoms with E-state index in [1.807, 2.05) is 54.7 Å². The van der Waals surface area contributed by atoms with E-state index in [9.17, 15) is 9.59 Å². The van der Waals surface area contributed by atoms with Crippen LogP contribution in [0, 0.1) is 5.92 Å². The quantitative estimate of drug-likeness (QED) is 0.436. The number of aromatic amines is 1. The molecule has 2 aromatic carbocycles. The highest BCUT2D eigenvalue weighted by atomic mass is 35.5. The predicted molar refractivity (Wildman–Crippen MR) is 139 cm³/mol. The van der Waals surface area contributed by atoms with Gasteiger partial charge in [-0.15, -0.1) is 12.4 Å². The molecule has 0 unspecified atom stereocenters. The summed E-state index contributed by atoms with van der Waals surface area (Å²) in [5, 5.41) is 7.06. The van der Waals surface area contributed by atoms with Gasteiger partial charge in [-0.1, -0.05) is 36.4 Å². The van der Waals surface area contributed by atoms with Crippen molar-refractivity contribution in [2.24, 2.45) is 5.92 Å². The van der Waals surface area contributed by atoms with Gasteiger partial charge in [0.2, 0.25) is 5.91 Å². The van der Waals surface area contributed by atoms with Crippen molar-refractivity contribution >= 4 is 35.1 Å². The molecule has 0 spiro atoms. The number of aromatic nitrogens is 1. The first-order chi connectivity index (χ1) is 16.0.